The summed E-state index contributed by atoms with van der Waals surface area (Å²) in [4.78, 5) is 87.6. The lowest BCUT2D eigenvalue weighted by Crippen LogP contribution is -2.46. The molecule has 2 aromatic rings. The third-order valence-corrected chi connectivity index (χ3v) is 11.9. The van der Waals surface area contributed by atoms with Gasteiger partial charge in [0.1, 0.15) is 36.3 Å². The highest BCUT2D eigenvalue weighted by atomic mass is 32.2. The average Bonchev–Trinajstić information content (AvgIpc) is 3.64. The number of imidazole rings is 1. The maximum absolute atomic E-state index is 12.7. The van der Waals surface area contributed by atoms with Gasteiger partial charge in [0, 0.05) is 30.7 Å². The number of phosphoric ester groups is 3. The van der Waals surface area contributed by atoms with Crippen LogP contribution in [0.4, 0.5) is 5.82 Å². The normalized spacial score (nSPS) is 22.4. The molecule has 0 saturated carbocycles. The number of phosphoric acid groups is 3. The first-order valence-electron chi connectivity index (χ1n) is 16.6. The molecule has 3 rings (SSSR count). The van der Waals surface area contributed by atoms with Crippen molar-refractivity contribution < 1.29 is 80.5 Å². The van der Waals surface area contributed by atoms with Gasteiger partial charge in [0.15, 0.2) is 17.7 Å². The van der Waals surface area contributed by atoms with E-state index in [0.717, 1.165) is 29.0 Å². The van der Waals surface area contributed by atoms with Gasteiger partial charge in [-0.15, -0.1) is 0 Å². The van der Waals surface area contributed by atoms with Crippen molar-refractivity contribution in [3.05, 3.63) is 12.7 Å². The number of rotatable bonds is 22. The molecule has 0 spiro atoms. The van der Waals surface area contributed by atoms with Crippen LogP contribution in [0.25, 0.3) is 11.2 Å². The Morgan fingerprint density at radius 1 is 1.05 bits per heavy atom. The fourth-order valence-electron chi connectivity index (χ4n) is 4.99. The Morgan fingerprint density at radius 3 is 2.36 bits per heavy atom. The number of hydrogen-bond acceptors (Lipinski definition) is 19. The lowest BCUT2D eigenvalue weighted by atomic mass is 9.87. The van der Waals surface area contributed by atoms with E-state index in [1.165, 1.54) is 13.8 Å². The van der Waals surface area contributed by atoms with E-state index in [4.69, 9.17) is 25.3 Å². The van der Waals surface area contributed by atoms with Crippen molar-refractivity contribution in [3.8, 4) is 0 Å². The number of ether oxygens (including phenoxy) is 1. The van der Waals surface area contributed by atoms with Crippen LogP contribution in [-0.2, 0) is 50.7 Å². The molecule has 1 saturated heterocycles. The van der Waals surface area contributed by atoms with Crippen molar-refractivity contribution in [3.63, 3.8) is 0 Å². The first-order valence-corrected chi connectivity index (χ1v) is 22.1. The molecule has 0 radical (unpaired) electrons. The lowest BCUT2D eigenvalue weighted by molar-refractivity contribution is -0.137. The maximum Gasteiger partial charge on any atom is 0.481 e. The summed E-state index contributed by atoms with van der Waals surface area (Å²) >= 11 is 0.995. The Morgan fingerprint density at radius 2 is 1.71 bits per heavy atom. The number of anilines is 1. The van der Waals surface area contributed by atoms with Crippen LogP contribution < -0.4 is 22.1 Å². The van der Waals surface area contributed by atoms with E-state index in [2.05, 4.69) is 34.4 Å². The van der Waals surface area contributed by atoms with Crippen LogP contribution in [0.3, 0.4) is 0 Å². The van der Waals surface area contributed by atoms with Crippen LogP contribution in [0.15, 0.2) is 12.7 Å². The molecule has 0 aromatic carbocycles. The summed E-state index contributed by atoms with van der Waals surface area (Å²) in [6.45, 7) is 4.31. The Bertz CT molecular complexity index is 1830. The minimum Gasteiger partial charge on any atom is -0.386 e. The number of nitrogens with one attached hydrogen (secondary N) is 2. The number of nitrogens with zero attached hydrogens (tertiary/aromatic N) is 4. The number of thioether (sulfide) groups is 1. The van der Waals surface area contributed by atoms with Gasteiger partial charge in [-0.2, -0.15) is 4.31 Å². The molecular formula is C27H47N8O17P3S. The number of aliphatic hydroxyl groups excluding tert-OH is 2. The molecule has 1 aliphatic rings. The summed E-state index contributed by atoms with van der Waals surface area (Å²) < 4.78 is 62.1. The zero-order valence-electron chi connectivity index (χ0n) is 30.5. The number of carbonyl (C=O) groups excluding carboxylic acids is 3. The molecule has 1 fully saturated rings. The number of hydrogen-bond donors (Lipinski definition) is 10. The maximum atomic E-state index is 12.7. The van der Waals surface area contributed by atoms with Crippen LogP contribution in [0.2, 0.25) is 0 Å². The van der Waals surface area contributed by atoms with Crippen molar-refractivity contribution in [1.29, 1.82) is 0 Å². The average molecular weight is 881 g/mol. The van der Waals surface area contributed by atoms with Gasteiger partial charge in [0.25, 0.3) is 0 Å². The molecule has 0 aliphatic carbocycles. The van der Waals surface area contributed by atoms with Crippen molar-refractivity contribution in [2.75, 3.05) is 37.8 Å². The van der Waals surface area contributed by atoms with Crippen molar-refractivity contribution in [2.45, 2.75) is 77.2 Å². The van der Waals surface area contributed by atoms with Gasteiger partial charge < -0.3 is 56.6 Å². The van der Waals surface area contributed by atoms with Gasteiger partial charge in [0.2, 0.25) is 16.9 Å². The number of aliphatic hydroxyl groups is 2. The second-order valence-corrected chi connectivity index (χ2v) is 18.8. The van der Waals surface area contributed by atoms with E-state index in [1.54, 1.807) is 0 Å². The molecule has 56 heavy (non-hydrogen) atoms. The van der Waals surface area contributed by atoms with E-state index in [1.807, 2.05) is 13.8 Å². The number of carbonyl (C=O) groups is 3. The van der Waals surface area contributed by atoms with E-state index in [9.17, 15) is 57.9 Å². The van der Waals surface area contributed by atoms with E-state index >= 15 is 0 Å². The molecule has 318 valence electrons. The Hall–Kier alpha value is -2.48. The molecule has 2 aromatic heterocycles. The highest BCUT2D eigenvalue weighted by molar-refractivity contribution is 8.13. The number of amides is 2. The summed E-state index contributed by atoms with van der Waals surface area (Å²) in [5.41, 5.74) is 10.1. The lowest BCUT2D eigenvalue weighted by Gasteiger charge is -2.30. The fourth-order valence-corrected chi connectivity index (χ4v) is 8.54. The quantitative estimate of drug-likeness (QED) is 0.0503. The molecule has 8 atom stereocenters. The smallest absolute Gasteiger partial charge is 0.386 e. The molecule has 2 amide bonds. The molecule has 1 aliphatic heterocycles. The molecular weight excluding hydrogens is 833 g/mol. The molecule has 3 heterocycles. The highest BCUT2D eigenvalue weighted by Crippen LogP contribution is 2.61. The number of nitrogens with two attached hydrogens (primary N) is 2. The number of nitrogen functional groups attached to an aromatic ring is 1. The van der Waals surface area contributed by atoms with E-state index in [0.29, 0.717) is 6.42 Å². The van der Waals surface area contributed by atoms with Gasteiger partial charge in [0.05, 0.1) is 25.6 Å². The molecule has 29 heteroatoms. The zero-order chi connectivity index (χ0) is 42.2. The monoisotopic (exact) mass is 880 g/mol. The number of aromatic nitrogens is 4. The van der Waals surface area contributed by atoms with Crippen LogP contribution in [0, 0.1) is 11.3 Å². The Balaban J connectivity index is 1.49. The summed E-state index contributed by atoms with van der Waals surface area (Å²) in [6.07, 6.45) is -6.41. The van der Waals surface area contributed by atoms with Gasteiger partial charge in [-0.05, 0) is 12.3 Å². The Labute approximate surface area is 324 Å². The van der Waals surface area contributed by atoms with Gasteiger partial charge >= 0.3 is 23.5 Å². The molecule has 25 nitrogen and oxygen atoms in total. The van der Waals surface area contributed by atoms with Crippen molar-refractivity contribution in [1.82, 2.24) is 30.2 Å². The Kier molecular flexibility index (Phi) is 17.1. The first-order chi connectivity index (χ1) is 25.8. The predicted octanol–water partition coefficient (Wildman–Crippen LogP) is -0.962. The standard InChI is InChI=1S/C27H47N8O17P3S/c1-14(2)9-15(28)26(40)56-8-7-30-17(36)5-6-31-24(39)21(38)27(3,4)11-49-55(46,47)52-54(44,45)48-10-16-20(51-53(41,42)43)19(37)25(50-16)35-13-34-18-22(29)32-12-33-23(18)35/h12-16,19-21,25,37-38H,5-11,28H2,1-4H3,(H,30,36)(H,31,39)(H,44,45)(H,46,47)(H2,29,32,33)(H2,41,42,43). The third-order valence-electron chi connectivity index (χ3n) is 7.77. The topological polar surface area (TPSA) is 390 Å². The van der Waals surface area contributed by atoms with Crippen LogP contribution in [0.5, 0.6) is 0 Å². The number of fused-ring (bicyclic) bond motifs is 1. The minimum absolute atomic E-state index is 0.0285. The fraction of sp³-hybridized carbons (Fsp3) is 0.704. The van der Waals surface area contributed by atoms with Crippen LogP contribution in [-0.4, -0.2) is 129 Å². The van der Waals surface area contributed by atoms with Crippen molar-refractivity contribution in [2.24, 2.45) is 17.1 Å². The largest absolute Gasteiger partial charge is 0.481 e. The van der Waals surface area contributed by atoms with Crippen LogP contribution >= 0.6 is 35.2 Å². The van der Waals surface area contributed by atoms with Crippen molar-refractivity contribution >= 4 is 69.1 Å². The van der Waals surface area contributed by atoms with E-state index < -0.39 is 90.6 Å². The van der Waals surface area contributed by atoms with Gasteiger partial charge in [-0.3, -0.25) is 32.5 Å². The van der Waals surface area contributed by atoms with Crippen LogP contribution in [0.1, 0.15) is 46.8 Å². The van der Waals surface area contributed by atoms with Gasteiger partial charge in [-0.25, -0.2) is 28.6 Å². The summed E-state index contributed by atoms with van der Waals surface area (Å²) in [5, 5.41) is 26.1. The zero-order valence-corrected chi connectivity index (χ0v) is 34.0. The molecule has 0 bridgehead atoms. The van der Waals surface area contributed by atoms with Gasteiger partial charge in [-0.1, -0.05) is 39.5 Å². The van der Waals surface area contributed by atoms with E-state index in [-0.39, 0.29) is 53.3 Å². The third kappa shape index (κ3) is 14.4. The molecule has 12 N–H and O–H groups in total. The molecule has 8 unspecified atom stereocenters. The first kappa shape index (κ1) is 47.9. The second-order valence-electron chi connectivity index (χ2n) is 13.5. The summed E-state index contributed by atoms with van der Waals surface area (Å²) in [7, 11) is -16.4. The summed E-state index contributed by atoms with van der Waals surface area (Å²) in [6, 6.07) is -0.604. The second kappa shape index (κ2) is 20.0. The predicted molar refractivity (Wildman–Crippen MR) is 195 cm³/mol. The minimum atomic E-state index is -5.57. The SMILES string of the molecule is CC(C)CC(N)C(=O)SCCNC(=O)CCNC(=O)C(O)C(C)(C)COP(=O)(O)OP(=O)(O)OCC1OC(n2cnc3c(N)ncnc32)C(O)C1OP(=O)(O)O. The highest BCUT2D eigenvalue weighted by Gasteiger charge is 2.50. The summed E-state index contributed by atoms with van der Waals surface area (Å²) in [5.74, 6) is -0.941.